The van der Waals surface area contributed by atoms with E-state index in [4.69, 9.17) is 9.47 Å². The molecule has 0 aliphatic heterocycles. The molecule has 2 aliphatic carbocycles. The van der Waals surface area contributed by atoms with Crippen LogP contribution in [0.5, 0.6) is 0 Å². The van der Waals surface area contributed by atoms with Gasteiger partial charge in [0.2, 0.25) is 0 Å². The molecule has 0 saturated heterocycles. The maximum atomic E-state index is 5.61. The van der Waals surface area contributed by atoms with Gasteiger partial charge >= 0.3 is 0 Å². The van der Waals surface area contributed by atoms with Crippen molar-refractivity contribution < 1.29 is 9.47 Å². The molecular weight excluding hydrogens is 320 g/mol. The first-order chi connectivity index (χ1) is 11.9. The van der Waals surface area contributed by atoms with E-state index in [1.807, 2.05) is 0 Å². The number of hydrogen-bond acceptors (Lipinski definition) is 2. The molecule has 0 spiro atoms. The first-order valence-electron chi connectivity index (χ1n) is 9.24. The summed E-state index contributed by atoms with van der Waals surface area (Å²) in [7, 11) is 3.44. The van der Waals surface area contributed by atoms with Crippen molar-refractivity contribution in [3.8, 4) is 0 Å². The zero-order valence-electron chi connectivity index (χ0n) is 17.7. The quantitative estimate of drug-likeness (QED) is 0.587. The third-order valence-electron chi connectivity index (χ3n) is 5.31. The summed E-state index contributed by atoms with van der Waals surface area (Å²) >= 11 is 0. The van der Waals surface area contributed by atoms with Crippen LogP contribution in [0.25, 0.3) is 0 Å². The van der Waals surface area contributed by atoms with Crippen LogP contribution in [0.1, 0.15) is 41.5 Å². The molecule has 0 aromatic rings. The van der Waals surface area contributed by atoms with Crippen molar-refractivity contribution in [3.05, 3.63) is 71.3 Å². The largest absolute Gasteiger partial charge is 0.497 e. The zero-order valence-corrected chi connectivity index (χ0v) is 17.7. The van der Waals surface area contributed by atoms with Crippen LogP contribution in [0.3, 0.4) is 0 Å². The molecule has 142 valence electrons. The van der Waals surface area contributed by atoms with Gasteiger partial charge in [-0.15, -0.1) is 0 Å². The van der Waals surface area contributed by atoms with Crippen LogP contribution >= 0.6 is 0 Å². The highest BCUT2D eigenvalue weighted by atomic mass is 16.5. The predicted octanol–water partition coefficient (Wildman–Crippen LogP) is 6.36. The fourth-order valence-corrected chi connectivity index (χ4v) is 3.73. The molecule has 0 fully saturated rings. The van der Waals surface area contributed by atoms with Gasteiger partial charge in [-0.05, 0) is 57.4 Å². The first-order valence-corrected chi connectivity index (χ1v) is 9.24. The van der Waals surface area contributed by atoms with Crippen LogP contribution in [0.2, 0.25) is 0 Å². The Balaban J connectivity index is 2.57. The van der Waals surface area contributed by atoms with Gasteiger partial charge in [-0.3, -0.25) is 0 Å². The van der Waals surface area contributed by atoms with Crippen molar-refractivity contribution in [1.29, 1.82) is 0 Å². The van der Waals surface area contributed by atoms with Crippen LogP contribution in [-0.2, 0) is 9.47 Å². The van der Waals surface area contributed by atoms with Crippen molar-refractivity contribution in [1.82, 2.24) is 0 Å². The van der Waals surface area contributed by atoms with E-state index in [2.05, 4.69) is 79.0 Å². The Morgan fingerprint density at radius 1 is 0.692 bits per heavy atom. The summed E-state index contributed by atoms with van der Waals surface area (Å²) < 4.78 is 11.2. The van der Waals surface area contributed by atoms with Gasteiger partial charge in [0.15, 0.2) is 0 Å². The van der Waals surface area contributed by atoms with E-state index in [1.165, 1.54) is 0 Å². The lowest BCUT2D eigenvalue weighted by molar-refractivity contribution is 0.276. The van der Waals surface area contributed by atoms with Gasteiger partial charge in [0, 0.05) is 11.8 Å². The third-order valence-corrected chi connectivity index (χ3v) is 5.31. The molecule has 0 N–H and O–H groups in total. The minimum absolute atomic E-state index is 0.0558. The molecule has 2 nitrogen and oxygen atoms in total. The first kappa shape index (κ1) is 20.4. The van der Waals surface area contributed by atoms with Crippen molar-refractivity contribution >= 4 is 0 Å². The van der Waals surface area contributed by atoms with E-state index in [1.54, 1.807) is 14.2 Å². The van der Waals surface area contributed by atoms with Gasteiger partial charge in [0.1, 0.15) is 11.5 Å². The predicted molar refractivity (Wildman–Crippen MR) is 111 cm³/mol. The highest BCUT2D eigenvalue weighted by molar-refractivity contribution is 5.63. The summed E-state index contributed by atoms with van der Waals surface area (Å²) in [5.74, 6) is 2.16. The molecule has 2 atom stereocenters. The van der Waals surface area contributed by atoms with Gasteiger partial charge < -0.3 is 9.47 Å². The van der Waals surface area contributed by atoms with Gasteiger partial charge in [-0.2, -0.15) is 0 Å². The Hall–Kier alpha value is -1.96. The Morgan fingerprint density at radius 2 is 1.00 bits per heavy atom. The second-order valence-corrected chi connectivity index (χ2v) is 9.40. The molecule has 2 heteroatoms. The number of allylic oxidation sites excluding steroid dienone is 8. The number of rotatable bonds is 3. The van der Waals surface area contributed by atoms with E-state index >= 15 is 0 Å². The maximum Gasteiger partial charge on any atom is 0.116 e. The van der Waals surface area contributed by atoms with Crippen molar-refractivity contribution in [2.45, 2.75) is 41.5 Å². The maximum absolute atomic E-state index is 5.61. The molecule has 26 heavy (non-hydrogen) atoms. The van der Waals surface area contributed by atoms with Gasteiger partial charge in [0.25, 0.3) is 0 Å². The highest BCUT2D eigenvalue weighted by Crippen LogP contribution is 2.47. The van der Waals surface area contributed by atoms with Crippen LogP contribution in [0.15, 0.2) is 71.3 Å². The monoisotopic (exact) mass is 354 g/mol. The fraction of sp³-hybridized carbons (Fsp3) is 0.500. The van der Waals surface area contributed by atoms with Crippen molar-refractivity contribution in [3.63, 3.8) is 0 Å². The van der Waals surface area contributed by atoms with Crippen LogP contribution in [-0.4, -0.2) is 14.2 Å². The molecule has 0 amide bonds. The molecule has 0 aromatic heterocycles. The summed E-state index contributed by atoms with van der Waals surface area (Å²) in [4.78, 5) is 0. The zero-order chi connectivity index (χ0) is 19.9. The molecule has 0 saturated carbocycles. The van der Waals surface area contributed by atoms with E-state index in [9.17, 15) is 0 Å². The molecule has 2 aliphatic rings. The lowest BCUT2D eigenvalue weighted by atomic mass is 9.67. The van der Waals surface area contributed by atoms with Gasteiger partial charge in [-0.25, -0.2) is 0 Å². The van der Waals surface area contributed by atoms with Crippen LogP contribution < -0.4 is 0 Å². The summed E-state index contributed by atoms with van der Waals surface area (Å²) in [6.45, 7) is 22.3. The second kappa shape index (κ2) is 6.98. The summed E-state index contributed by atoms with van der Waals surface area (Å²) in [5.41, 5.74) is 4.53. The lowest BCUT2D eigenvalue weighted by Gasteiger charge is -2.38. The van der Waals surface area contributed by atoms with Gasteiger partial charge in [-0.1, -0.05) is 54.7 Å². The third kappa shape index (κ3) is 3.90. The molecule has 0 bridgehead atoms. The Bertz CT molecular complexity index is 663. The normalized spacial score (nSPS) is 24.5. The van der Waals surface area contributed by atoms with E-state index in [0.717, 1.165) is 33.8 Å². The standard InChI is InChI=1S/C24H34O2/c1-15-19(11-17(25-9)13-21(15)23(3,4)5)20-12-18(26-10)14-22(16(20)2)24(6,7)8/h11-14,21-22H,1-2H2,3-10H3. The van der Waals surface area contributed by atoms with E-state index in [-0.39, 0.29) is 22.7 Å². The van der Waals surface area contributed by atoms with Gasteiger partial charge in [0.05, 0.1) is 14.2 Å². The molecule has 0 aromatic carbocycles. The van der Waals surface area contributed by atoms with E-state index in [0.29, 0.717) is 0 Å². The molecule has 0 radical (unpaired) electrons. The van der Waals surface area contributed by atoms with Crippen molar-refractivity contribution in [2.24, 2.45) is 22.7 Å². The number of methoxy groups -OCH3 is 2. The topological polar surface area (TPSA) is 18.5 Å². The summed E-state index contributed by atoms with van der Waals surface area (Å²) in [6.07, 6.45) is 8.51. The Kier molecular flexibility index (Phi) is 5.46. The second-order valence-electron chi connectivity index (χ2n) is 9.40. The minimum atomic E-state index is 0.0558. The summed E-state index contributed by atoms with van der Waals surface area (Å²) in [6, 6.07) is 0. The average Bonchev–Trinajstić information content (AvgIpc) is 2.53. The summed E-state index contributed by atoms with van der Waals surface area (Å²) in [5, 5.41) is 0. The lowest BCUT2D eigenvalue weighted by Crippen LogP contribution is -2.27. The average molecular weight is 355 g/mol. The van der Waals surface area contributed by atoms with Crippen molar-refractivity contribution in [2.75, 3.05) is 14.2 Å². The smallest absolute Gasteiger partial charge is 0.116 e. The molecule has 2 rings (SSSR count). The molecule has 2 unspecified atom stereocenters. The Labute approximate surface area is 159 Å². The SMILES string of the molecule is C=C1C(C2=CC(OC)=CC(C(C)(C)C)C2=C)=CC(OC)=CC1C(C)(C)C. The molecular formula is C24H34O2. The van der Waals surface area contributed by atoms with E-state index < -0.39 is 0 Å². The molecule has 0 heterocycles. The Morgan fingerprint density at radius 3 is 1.23 bits per heavy atom. The van der Waals surface area contributed by atoms with Crippen LogP contribution in [0.4, 0.5) is 0 Å². The number of ether oxygens (including phenoxy) is 2. The van der Waals surface area contributed by atoms with Crippen LogP contribution in [0, 0.1) is 22.7 Å². The number of hydrogen-bond donors (Lipinski definition) is 0. The highest BCUT2D eigenvalue weighted by Gasteiger charge is 2.36. The fourth-order valence-electron chi connectivity index (χ4n) is 3.73. The minimum Gasteiger partial charge on any atom is -0.497 e.